The van der Waals surface area contributed by atoms with Crippen molar-refractivity contribution in [1.82, 2.24) is 19.5 Å². The number of rotatable bonds is 9. The molecule has 3 aromatic rings. The number of aromatic nitrogens is 4. The zero-order valence-electron chi connectivity index (χ0n) is 16.1. The molecule has 3 rings (SSSR count). The Bertz CT molecular complexity index is 946. The first-order valence-corrected chi connectivity index (χ1v) is 9.51. The van der Waals surface area contributed by atoms with Gasteiger partial charge in [0.05, 0.1) is 26.1 Å². The van der Waals surface area contributed by atoms with Gasteiger partial charge in [0, 0.05) is 23.7 Å². The van der Waals surface area contributed by atoms with E-state index in [9.17, 15) is 0 Å². The van der Waals surface area contributed by atoms with E-state index in [0.717, 1.165) is 23.3 Å². The van der Waals surface area contributed by atoms with Crippen molar-refractivity contribution in [3.63, 3.8) is 0 Å². The van der Waals surface area contributed by atoms with Crippen LogP contribution in [0, 0.1) is 0 Å². The van der Waals surface area contributed by atoms with Crippen molar-refractivity contribution in [2.24, 2.45) is 5.73 Å². The molecule has 0 saturated heterocycles. The van der Waals surface area contributed by atoms with Crippen LogP contribution >= 0.6 is 11.6 Å². The molecule has 0 radical (unpaired) electrons. The first kappa shape index (κ1) is 20.3. The van der Waals surface area contributed by atoms with Gasteiger partial charge in [-0.2, -0.15) is 0 Å². The molecule has 8 nitrogen and oxygen atoms in total. The second-order valence-electron chi connectivity index (χ2n) is 6.55. The van der Waals surface area contributed by atoms with Crippen LogP contribution in [0.2, 0.25) is 5.02 Å². The van der Waals surface area contributed by atoms with E-state index in [1.54, 1.807) is 13.4 Å². The highest BCUT2D eigenvalue weighted by Gasteiger charge is 2.15. The molecule has 0 bridgehead atoms. The molecule has 0 aliphatic carbocycles. The number of hydrogen-bond donors (Lipinski definition) is 2. The summed E-state index contributed by atoms with van der Waals surface area (Å²) >= 11 is 6.31. The van der Waals surface area contributed by atoms with E-state index < -0.39 is 0 Å². The fourth-order valence-electron chi connectivity index (χ4n) is 3.09. The number of benzene rings is 1. The summed E-state index contributed by atoms with van der Waals surface area (Å²) in [5.41, 5.74) is 15.3. The predicted octanol–water partition coefficient (Wildman–Crippen LogP) is 2.42. The summed E-state index contributed by atoms with van der Waals surface area (Å²) in [6.07, 6.45) is 4.65. The van der Waals surface area contributed by atoms with Gasteiger partial charge in [0.25, 0.3) is 0 Å². The molecular formula is C19H25ClN6O2. The normalized spacial score (nSPS) is 12.4. The molecule has 2 heterocycles. The Kier molecular flexibility index (Phi) is 6.66. The number of hydrogen-bond acceptors (Lipinski definition) is 7. The molecule has 0 aliphatic heterocycles. The summed E-state index contributed by atoms with van der Waals surface area (Å²) in [6, 6.07) is 3.72. The Balaban J connectivity index is 1.89. The molecule has 150 valence electrons. The van der Waals surface area contributed by atoms with Gasteiger partial charge >= 0.3 is 0 Å². The second-order valence-corrected chi connectivity index (χ2v) is 6.99. The minimum atomic E-state index is -0.0736. The minimum Gasteiger partial charge on any atom is -0.493 e. The van der Waals surface area contributed by atoms with Crippen molar-refractivity contribution < 1.29 is 9.47 Å². The highest BCUT2D eigenvalue weighted by molar-refractivity contribution is 6.30. The maximum atomic E-state index is 6.31. The van der Waals surface area contributed by atoms with Crippen LogP contribution < -0.4 is 16.2 Å². The van der Waals surface area contributed by atoms with Crippen LogP contribution in [0.4, 0.5) is 5.82 Å². The molecule has 4 N–H and O–H groups in total. The van der Waals surface area contributed by atoms with E-state index in [0.29, 0.717) is 48.2 Å². The summed E-state index contributed by atoms with van der Waals surface area (Å²) in [4.78, 5) is 12.6. The molecule has 0 unspecified atom stereocenters. The van der Waals surface area contributed by atoms with Crippen molar-refractivity contribution in [3.05, 3.63) is 40.9 Å². The van der Waals surface area contributed by atoms with Gasteiger partial charge in [-0.15, -0.1) is 0 Å². The third-order valence-electron chi connectivity index (χ3n) is 4.53. The van der Waals surface area contributed by atoms with Crippen LogP contribution in [0.1, 0.15) is 24.5 Å². The number of anilines is 1. The molecule has 9 heteroatoms. The van der Waals surface area contributed by atoms with Crippen molar-refractivity contribution >= 4 is 28.6 Å². The number of nitrogen functional groups attached to an aromatic ring is 1. The topological polar surface area (TPSA) is 114 Å². The predicted molar refractivity (Wildman–Crippen MR) is 110 cm³/mol. The van der Waals surface area contributed by atoms with Gasteiger partial charge in [0.2, 0.25) is 0 Å². The number of halogens is 1. The fourth-order valence-corrected chi connectivity index (χ4v) is 3.32. The van der Waals surface area contributed by atoms with Crippen molar-refractivity contribution in [1.29, 1.82) is 0 Å². The smallest absolute Gasteiger partial charge is 0.165 e. The third kappa shape index (κ3) is 4.52. The van der Waals surface area contributed by atoms with Crippen molar-refractivity contribution in [2.75, 3.05) is 26.1 Å². The van der Waals surface area contributed by atoms with Gasteiger partial charge in [-0.1, -0.05) is 18.5 Å². The van der Waals surface area contributed by atoms with Crippen molar-refractivity contribution in [3.8, 4) is 5.75 Å². The average molecular weight is 405 g/mol. The first-order chi connectivity index (χ1) is 13.5. The first-order valence-electron chi connectivity index (χ1n) is 9.13. The van der Waals surface area contributed by atoms with Crippen LogP contribution in [0.5, 0.6) is 5.75 Å². The SMILES string of the molecule is CCc1cc(Cl)cc(OCC[C@H](N)COC)c1Cn1cnc2c(N)ncnc21. The summed E-state index contributed by atoms with van der Waals surface area (Å²) in [5, 5.41) is 0.638. The van der Waals surface area contributed by atoms with Crippen molar-refractivity contribution in [2.45, 2.75) is 32.4 Å². The van der Waals surface area contributed by atoms with Gasteiger partial charge in [0.1, 0.15) is 17.6 Å². The monoisotopic (exact) mass is 404 g/mol. The number of aryl methyl sites for hydroxylation is 1. The Morgan fingerprint density at radius 3 is 2.82 bits per heavy atom. The molecule has 1 atom stereocenters. The summed E-state index contributed by atoms with van der Waals surface area (Å²) < 4.78 is 13.1. The largest absolute Gasteiger partial charge is 0.493 e. The standard InChI is InChI=1S/C19H25ClN6O2/c1-3-12-6-13(20)7-16(28-5-4-14(21)9-27-2)15(12)8-26-11-25-17-18(22)23-10-24-19(17)26/h6-7,10-11,14H,3-5,8-9,21H2,1-2H3,(H2,22,23,24)/t14-/m0/s1. The van der Waals surface area contributed by atoms with E-state index in [1.807, 2.05) is 16.7 Å². The maximum absolute atomic E-state index is 6.31. The molecule has 0 aliphatic rings. The Morgan fingerprint density at radius 2 is 2.07 bits per heavy atom. The lowest BCUT2D eigenvalue weighted by Crippen LogP contribution is -2.27. The lowest BCUT2D eigenvalue weighted by Gasteiger charge is -2.18. The molecule has 1 aromatic carbocycles. The molecule has 28 heavy (non-hydrogen) atoms. The van der Waals surface area contributed by atoms with Gasteiger partial charge in [-0.05, 0) is 30.5 Å². The Morgan fingerprint density at radius 1 is 1.25 bits per heavy atom. The number of methoxy groups -OCH3 is 1. The average Bonchev–Trinajstić information content (AvgIpc) is 3.08. The van der Waals surface area contributed by atoms with E-state index in [-0.39, 0.29) is 6.04 Å². The highest BCUT2D eigenvalue weighted by atomic mass is 35.5. The third-order valence-corrected chi connectivity index (χ3v) is 4.75. The van der Waals surface area contributed by atoms with Gasteiger partial charge in [-0.25, -0.2) is 15.0 Å². The molecule has 2 aromatic heterocycles. The quantitative estimate of drug-likeness (QED) is 0.562. The number of nitrogens with zero attached hydrogens (tertiary/aromatic N) is 4. The van der Waals surface area contributed by atoms with Crippen LogP contribution in [0.3, 0.4) is 0 Å². The van der Waals surface area contributed by atoms with E-state index in [2.05, 4.69) is 21.9 Å². The zero-order chi connectivity index (χ0) is 20.1. The number of imidazole rings is 1. The summed E-state index contributed by atoms with van der Waals surface area (Å²) in [5.74, 6) is 1.09. The highest BCUT2D eigenvalue weighted by Crippen LogP contribution is 2.30. The van der Waals surface area contributed by atoms with Crippen LogP contribution in [0.25, 0.3) is 11.2 Å². The van der Waals surface area contributed by atoms with E-state index in [4.69, 9.17) is 32.5 Å². The van der Waals surface area contributed by atoms with Crippen LogP contribution in [-0.2, 0) is 17.7 Å². The van der Waals surface area contributed by atoms with Gasteiger partial charge in [0.15, 0.2) is 11.5 Å². The molecular weight excluding hydrogens is 380 g/mol. The number of fused-ring (bicyclic) bond motifs is 1. The van der Waals surface area contributed by atoms with Crippen LogP contribution in [-0.4, -0.2) is 45.9 Å². The lowest BCUT2D eigenvalue weighted by atomic mass is 10.0. The van der Waals surface area contributed by atoms with Crippen LogP contribution in [0.15, 0.2) is 24.8 Å². The van der Waals surface area contributed by atoms with E-state index in [1.165, 1.54) is 6.33 Å². The molecule has 0 saturated carbocycles. The summed E-state index contributed by atoms with van der Waals surface area (Å²) in [7, 11) is 1.63. The zero-order valence-corrected chi connectivity index (χ0v) is 16.8. The molecule has 0 spiro atoms. The summed E-state index contributed by atoms with van der Waals surface area (Å²) in [6.45, 7) is 3.58. The number of ether oxygens (including phenoxy) is 2. The molecule has 0 fully saturated rings. The second kappa shape index (κ2) is 9.18. The lowest BCUT2D eigenvalue weighted by molar-refractivity contribution is 0.167. The Labute approximate surface area is 168 Å². The Hall–Kier alpha value is -2.42. The fraction of sp³-hybridized carbons (Fsp3) is 0.421. The van der Waals surface area contributed by atoms with Gasteiger partial charge in [-0.3, -0.25) is 0 Å². The molecule has 0 amide bonds. The van der Waals surface area contributed by atoms with Gasteiger partial charge < -0.3 is 25.5 Å². The maximum Gasteiger partial charge on any atom is 0.165 e. The number of nitrogens with two attached hydrogens (primary N) is 2. The minimum absolute atomic E-state index is 0.0736. The van der Waals surface area contributed by atoms with E-state index >= 15 is 0 Å².